The van der Waals surface area contributed by atoms with E-state index in [9.17, 15) is 4.79 Å². The van der Waals surface area contributed by atoms with Gasteiger partial charge in [0.1, 0.15) is 0 Å². The molecule has 1 aliphatic rings. The number of fused-ring (bicyclic) bond motifs is 1. The van der Waals surface area contributed by atoms with Gasteiger partial charge in [-0.15, -0.1) is 24.0 Å². The van der Waals surface area contributed by atoms with Gasteiger partial charge in [-0.25, -0.2) is 0 Å². The number of amides is 1. The van der Waals surface area contributed by atoms with Gasteiger partial charge in [-0.05, 0) is 36.6 Å². The van der Waals surface area contributed by atoms with Crippen LogP contribution < -0.4 is 10.6 Å². The minimum absolute atomic E-state index is 0. The second-order valence-corrected chi connectivity index (χ2v) is 7.01. The summed E-state index contributed by atoms with van der Waals surface area (Å²) in [5.74, 6) is 0.994. The first-order chi connectivity index (χ1) is 12.6. The minimum atomic E-state index is 0. The van der Waals surface area contributed by atoms with Gasteiger partial charge in [0.15, 0.2) is 5.96 Å². The summed E-state index contributed by atoms with van der Waals surface area (Å²) in [5, 5.41) is 8.68. The van der Waals surface area contributed by atoms with Crippen molar-refractivity contribution in [1.29, 1.82) is 0 Å². The van der Waals surface area contributed by atoms with E-state index >= 15 is 0 Å². The summed E-state index contributed by atoms with van der Waals surface area (Å²) >= 11 is 6.11. The zero-order valence-corrected chi connectivity index (χ0v) is 18.8. The van der Waals surface area contributed by atoms with Crippen molar-refractivity contribution in [3.8, 4) is 0 Å². The molecule has 0 radical (unpaired) electrons. The lowest BCUT2D eigenvalue weighted by molar-refractivity contribution is -0.129. The first kappa shape index (κ1) is 21.8. The van der Waals surface area contributed by atoms with Gasteiger partial charge in [0, 0.05) is 61.3 Å². The third-order valence-corrected chi connectivity index (χ3v) is 5.06. The lowest BCUT2D eigenvalue weighted by Gasteiger charge is -2.18. The topological polar surface area (TPSA) is 72.5 Å². The van der Waals surface area contributed by atoms with E-state index in [2.05, 4.69) is 20.6 Å². The molecule has 3 N–H and O–H groups in total. The van der Waals surface area contributed by atoms with Crippen molar-refractivity contribution < 1.29 is 4.79 Å². The molecule has 1 saturated heterocycles. The molecule has 1 aromatic heterocycles. The average Bonchev–Trinajstić information content (AvgIpc) is 3.27. The quantitative estimate of drug-likeness (QED) is 0.333. The molecule has 6 nitrogen and oxygen atoms in total. The smallest absolute Gasteiger partial charge is 0.222 e. The molecule has 1 amide bonds. The molecule has 0 saturated carbocycles. The maximum absolute atomic E-state index is 11.8. The number of hydrogen-bond acceptors (Lipinski definition) is 2. The number of carbonyl (C=O) groups is 1. The molecule has 1 aliphatic heterocycles. The number of aromatic amines is 1. The maximum Gasteiger partial charge on any atom is 0.222 e. The number of halogens is 2. The van der Waals surface area contributed by atoms with Crippen LogP contribution in [0.15, 0.2) is 29.4 Å². The number of likely N-dealkylation sites (tertiary alicyclic amines) is 1. The third-order valence-electron chi connectivity index (χ3n) is 4.82. The lowest BCUT2D eigenvalue weighted by atomic mass is 10.1. The molecular weight excluding hydrogens is 477 g/mol. The highest BCUT2D eigenvalue weighted by Crippen LogP contribution is 2.22. The summed E-state index contributed by atoms with van der Waals surface area (Å²) in [7, 11) is 1.77. The first-order valence-corrected chi connectivity index (χ1v) is 9.49. The van der Waals surface area contributed by atoms with Gasteiger partial charge in [-0.3, -0.25) is 9.79 Å². The van der Waals surface area contributed by atoms with Crippen LogP contribution in [0, 0.1) is 0 Å². The Hall–Kier alpha value is -1.48. The molecule has 27 heavy (non-hydrogen) atoms. The maximum atomic E-state index is 11.8. The fourth-order valence-electron chi connectivity index (χ4n) is 3.39. The summed E-state index contributed by atoms with van der Waals surface area (Å²) in [4.78, 5) is 21.3. The Bertz CT molecular complexity index is 806. The number of nitrogens with zero attached hydrogens (tertiary/aromatic N) is 2. The number of H-pyrrole nitrogens is 1. The zero-order valence-electron chi connectivity index (χ0n) is 15.7. The molecule has 0 bridgehead atoms. The van der Waals surface area contributed by atoms with E-state index < -0.39 is 0 Å². The zero-order chi connectivity index (χ0) is 18.5. The summed E-state index contributed by atoms with van der Waals surface area (Å²) in [6.07, 6.45) is 4.41. The van der Waals surface area contributed by atoms with Gasteiger partial charge in [0.2, 0.25) is 5.91 Å². The van der Waals surface area contributed by atoms with Gasteiger partial charge < -0.3 is 20.5 Å². The van der Waals surface area contributed by atoms with Crippen molar-refractivity contribution in [2.75, 3.05) is 26.7 Å². The average molecular weight is 504 g/mol. The monoisotopic (exact) mass is 503 g/mol. The Morgan fingerprint density at radius 1 is 1.44 bits per heavy atom. The second kappa shape index (κ2) is 10.2. The van der Waals surface area contributed by atoms with Crippen LogP contribution >= 0.6 is 35.6 Å². The standard InChI is InChI=1S/C19H26ClN5O.HI/c1-3-18(26)25-9-7-15(12-25)24-19(21-2)22-8-6-13-11-23-17-5-4-14(20)10-16(13)17;/h4-5,10-11,15,23H,3,6-9,12H2,1-2H3,(H2,21,22,24);1H. The largest absolute Gasteiger partial charge is 0.361 e. The van der Waals surface area contributed by atoms with Crippen LogP contribution in [0.1, 0.15) is 25.3 Å². The molecule has 2 aromatic rings. The van der Waals surface area contributed by atoms with Crippen molar-refractivity contribution in [3.05, 3.63) is 35.0 Å². The predicted molar refractivity (Wildman–Crippen MR) is 122 cm³/mol. The normalized spacial score (nSPS) is 17.1. The molecule has 1 fully saturated rings. The second-order valence-electron chi connectivity index (χ2n) is 6.58. The van der Waals surface area contributed by atoms with Crippen molar-refractivity contribution in [1.82, 2.24) is 20.5 Å². The Morgan fingerprint density at radius 2 is 2.26 bits per heavy atom. The Kier molecular flexibility index (Phi) is 8.22. The number of benzene rings is 1. The van der Waals surface area contributed by atoms with E-state index in [0.29, 0.717) is 6.42 Å². The van der Waals surface area contributed by atoms with Crippen LogP contribution in [0.4, 0.5) is 0 Å². The Labute approximate surface area is 182 Å². The number of guanidine groups is 1. The number of aromatic nitrogens is 1. The third kappa shape index (κ3) is 5.51. The van der Waals surface area contributed by atoms with Crippen LogP contribution in [0.3, 0.4) is 0 Å². The predicted octanol–water partition coefficient (Wildman–Crippen LogP) is 3.16. The number of hydrogen-bond donors (Lipinski definition) is 3. The van der Waals surface area contributed by atoms with E-state index in [0.717, 1.165) is 54.4 Å². The number of nitrogens with one attached hydrogen (secondary N) is 3. The fourth-order valence-corrected chi connectivity index (χ4v) is 3.56. The number of rotatable bonds is 5. The van der Waals surface area contributed by atoms with Gasteiger partial charge in [0.05, 0.1) is 0 Å². The summed E-state index contributed by atoms with van der Waals surface area (Å²) in [6, 6.07) is 6.14. The summed E-state index contributed by atoms with van der Waals surface area (Å²) in [6.45, 7) is 4.23. The van der Waals surface area contributed by atoms with Crippen molar-refractivity contribution >= 4 is 58.3 Å². The Balaban J connectivity index is 0.00000261. The molecule has 1 atom stereocenters. The molecule has 2 heterocycles. The van der Waals surface area contributed by atoms with E-state index in [1.54, 1.807) is 7.05 Å². The lowest BCUT2D eigenvalue weighted by Crippen LogP contribution is -2.45. The Morgan fingerprint density at radius 3 is 3.00 bits per heavy atom. The minimum Gasteiger partial charge on any atom is -0.361 e. The van der Waals surface area contributed by atoms with Crippen LogP contribution in [0.2, 0.25) is 5.02 Å². The summed E-state index contributed by atoms with van der Waals surface area (Å²) < 4.78 is 0. The molecule has 1 unspecified atom stereocenters. The molecule has 1 aromatic carbocycles. The van der Waals surface area contributed by atoms with E-state index in [4.69, 9.17) is 11.6 Å². The molecule has 0 spiro atoms. The molecule has 0 aliphatic carbocycles. The van der Waals surface area contributed by atoms with Crippen LogP contribution in [0.5, 0.6) is 0 Å². The van der Waals surface area contributed by atoms with Crippen molar-refractivity contribution in [2.45, 2.75) is 32.2 Å². The van der Waals surface area contributed by atoms with Gasteiger partial charge in [-0.2, -0.15) is 0 Å². The van der Waals surface area contributed by atoms with Crippen LogP contribution in [-0.4, -0.2) is 54.5 Å². The van der Waals surface area contributed by atoms with Crippen molar-refractivity contribution in [2.24, 2.45) is 4.99 Å². The van der Waals surface area contributed by atoms with Gasteiger partial charge in [0.25, 0.3) is 0 Å². The highest BCUT2D eigenvalue weighted by Gasteiger charge is 2.25. The molecular formula is C19H27ClIN5O. The molecule has 148 valence electrons. The van der Waals surface area contributed by atoms with Gasteiger partial charge >= 0.3 is 0 Å². The van der Waals surface area contributed by atoms with Gasteiger partial charge in [-0.1, -0.05) is 18.5 Å². The van der Waals surface area contributed by atoms with E-state index in [1.165, 1.54) is 5.56 Å². The van der Waals surface area contributed by atoms with E-state index in [1.807, 2.05) is 36.2 Å². The molecule has 3 rings (SSSR count). The van der Waals surface area contributed by atoms with Crippen LogP contribution in [-0.2, 0) is 11.2 Å². The van der Waals surface area contributed by atoms with Crippen molar-refractivity contribution in [3.63, 3.8) is 0 Å². The SMILES string of the molecule is CCC(=O)N1CCC(NC(=NC)NCCc2c[nH]c3ccc(Cl)cc23)C1.I. The van der Waals surface area contributed by atoms with E-state index in [-0.39, 0.29) is 35.9 Å². The van der Waals surface area contributed by atoms with Crippen LogP contribution in [0.25, 0.3) is 10.9 Å². The summed E-state index contributed by atoms with van der Waals surface area (Å²) in [5.41, 5.74) is 2.32. The fraction of sp³-hybridized carbons (Fsp3) is 0.474. The highest BCUT2D eigenvalue weighted by molar-refractivity contribution is 14.0. The number of aliphatic imine (C=N–C) groups is 1. The molecule has 8 heteroatoms. The highest BCUT2D eigenvalue weighted by atomic mass is 127. The first-order valence-electron chi connectivity index (χ1n) is 9.11. The number of carbonyl (C=O) groups excluding carboxylic acids is 1.